The van der Waals surface area contributed by atoms with Crippen molar-refractivity contribution in [2.24, 2.45) is 5.92 Å². The van der Waals surface area contributed by atoms with E-state index in [9.17, 15) is 35.9 Å². The molecule has 0 radical (unpaired) electrons. The number of carbonyl (C=O) groups excluding carboxylic acids is 2. The zero-order valence-corrected chi connectivity index (χ0v) is 23.5. The van der Waals surface area contributed by atoms with Gasteiger partial charge in [0.05, 0.1) is 11.1 Å². The van der Waals surface area contributed by atoms with Crippen molar-refractivity contribution in [2.75, 3.05) is 6.54 Å². The fraction of sp³-hybridized carbons (Fsp3) is 0.714. The molecule has 0 spiro atoms. The highest BCUT2D eigenvalue weighted by Gasteiger charge is 2.37. The van der Waals surface area contributed by atoms with Crippen LogP contribution in [-0.4, -0.2) is 30.1 Å². The van der Waals surface area contributed by atoms with Gasteiger partial charge in [0.1, 0.15) is 0 Å². The van der Waals surface area contributed by atoms with Crippen molar-refractivity contribution in [1.29, 1.82) is 0 Å². The van der Waals surface area contributed by atoms with Crippen LogP contribution in [0.3, 0.4) is 0 Å². The summed E-state index contributed by atoms with van der Waals surface area (Å²) in [6.45, 7) is 10.3. The largest absolute Gasteiger partial charge is 0.416 e. The first-order valence-electron chi connectivity index (χ1n) is 13.7. The van der Waals surface area contributed by atoms with Crippen molar-refractivity contribution in [2.45, 2.75) is 116 Å². The van der Waals surface area contributed by atoms with Gasteiger partial charge in [-0.05, 0) is 70.1 Å². The quantitative estimate of drug-likeness (QED) is 0.250. The van der Waals surface area contributed by atoms with Crippen LogP contribution in [0.15, 0.2) is 18.2 Å². The van der Waals surface area contributed by atoms with E-state index in [1.807, 2.05) is 27.7 Å². The van der Waals surface area contributed by atoms with Crippen molar-refractivity contribution in [3.05, 3.63) is 34.9 Å². The Balaban J connectivity index is 0.000000457. The van der Waals surface area contributed by atoms with Crippen molar-refractivity contribution in [3.63, 3.8) is 0 Å². The SMILES string of the molecule is CCC1(NC(=O)NC(C)C)CCCC1.CCCC(CCC)CNC(=O)c1cc(C(F)(F)F)cc(C(F)(F)F)c1. The van der Waals surface area contributed by atoms with Gasteiger partial charge in [-0.2, -0.15) is 26.3 Å². The van der Waals surface area contributed by atoms with Crippen molar-refractivity contribution >= 4 is 11.9 Å². The van der Waals surface area contributed by atoms with Crippen LogP contribution in [0.2, 0.25) is 0 Å². The van der Waals surface area contributed by atoms with E-state index in [0.717, 1.165) is 44.9 Å². The molecule has 1 aliphatic rings. The number of alkyl halides is 6. The molecule has 1 fully saturated rings. The summed E-state index contributed by atoms with van der Waals surface area (Å²) < 4.78 is 76.9. The maximum atomic E-state index is 12.8. The number of carbonyl (C=O) groups is 2. The average Bonchev–Trinajstić information content (AvgIpc) is 3.30. The minimum atomic E-state index is -4.97. The number of rotatable bonds is 10. The Hall–Kier alpha value is -2.46. The van der Waals surface area contributed by atoms with Crippen LogP contribution < -0.4 is 16.0 Å². The third-order valence-corrected chi connectivity index (χ3v) is 6.83. The molecule has 2 rings (SSSR count). The Morgan fingerprint density at radius 3 is 1.74 bits per heavy atom. The van der Waals surface area contributed by atoms with Gasteiger partial charge in [0.25, 0.3) is 5.91 Å². The first kappa shape index (κ1) is 34.6. The number of benzene rings is 1. The highest BCUT2D eigenvalue weighted by Crippen LogP contribution is 2.36. The van der Waals surface area contributed by atoms with Crippen LogP contribution >= 0.6 is 0 Å². The molecule has 0 saturated heterocycles. The molecule has 39 heavy (non-hydrogen) atoms. The van der Waals surface area contributed by atoms with Crippen LogP contribution in [-0.2, 0) is 12.4 Å². The summed E-state index contributed by atoms with van der Waals surface area (Å²) in [7, 11) is 0. The highest BCUT2D eigenvalue weighted by molar-refractivity contribution is 5.94. The van der Waals surface area contributed by atoms with Crippen molar-refractivity contribution in [1.82, 2.24) is 16.0 Å². The second-order valence-corrected chi connectivity index (χ2v) is 10.5. The number of amides is 3. The van der Waals surface area contributed by atoms with Crippen LogP contribution in [0.1, 0.15) is 114 Å². The Morgan fingerprint density at radius 1 is 0.872 bits per heavy atom. The van der Waals surface area contributed by atoms with Gasteiger partial charge in [-0.1, -0.05) is 46.5 Å². The molecule has 0 aromatic heterocycles. The van der Waals surface area contributed by atoms with Crippen LogP contribution in [0, 0.1) is 5.92 Å². The molecule has 1 aromatic carbocycles. The Kier molecular flexibility index (Phi) is 13.6. The molecule has 0 unspecified atom stereocenters. The molecule has 11 heteroatoms. The molecular formula is C28H43F6N3O2. The van der Waals surface area contributed by atoms with Crippen molar-refractivity contribution in [3.8, 4) is 0 Å². The van der Waals surface area contributed by atoms with E-state index in [2.05, 4.69) is 22.9 Å². The molecule has 0 bridgehead atoms. The lowest BCUT2D eigenvalue weighted by Crippen LogP contribution is -2.51. The van der Waals surface area contributed by atoms with E-state index in [4.69, 9.17) is 0 Å². The van der Waals surface area contributed by atoms with E-state index < -0.39 is 35.0 Å². The van der Waals surface area contributed by atoms with Gasteiger partial charge in [-0.15, -0.1) is 0 Å². The third kappa shape index (κ3) is 12.1. The molecule has 3 N–H and O–H groups in total. The predicted molar refractivity (Wildman–Crippen MR) is 140 cm³/mol. The fourth-order valence-corrected chi connectivity index (χ4v) is 4.75. The number of hydrogen-bond acceptors (Lipinski definition) is 2. The first-order valence-corrected chi connectivity index (χ1v) is 13.7. The van der Waals surface area contributed by atoms with Crippen molar-refractivity contribution < 1.29 is 35.9 Å². The number of hydrogen-bond donors (Lipinski definition) is 3. The molecule has 1 aromatic rings. The minimum Gasteiger partial charge on any atom is -0.352 e. The smallest absolute Gasteiger partial charge is 0.352 e. The van der Waals surface area contributed by atoms with E-state index >= 15 is 0 Å². The second kappa shape index (κ2) is 15.4. The maximum Gasteiger partial charge on any atom is 0.416 e. The van der Waals surface area contributed by atoms with Gasteiger partial charge in [0.15, 0.2) is 0 Å². The summed E-state index contributed by atoms with van der Waals surface area (Å²) in [4.78, 5) is 23.6. The first-order chi connectivity index (χ1) is 18.1. The van der Waals surface area contributed by atoms with E-state index in [0.29, 0.717) is 12.1 Å². The zero-order chi connectivity index (χ0) is 29.9. The molecule has 1 aliphatic carbocycles. The van der Waals surface area contributed by atoms with E-state index in [-0.39, 0.29) is 36.1 Å². The molecule has 0 atom stereocenters. The normalized spacial score (nSPS) is 15.1. The third-order valence-electron chi connectivity index (χ3n) is 6.83. The zero-order valence-electron chi connectivity index (χ0n) is 23.5. The predicted octanol–water partition coefficient (Wildman–Crippen LogP) is 8.09. The van der Waals surface area contributed by atoms with Gasteiger partial charge in [0, 0.05) is 23.7 Å². The topological polar surface area (TPSA) is 70.2 Å². The molecule has 1 saturated carbocycles. The van der Waals surface area contributed by atoms with Gasteiger partial charge in [-0.25, -0.2) is 4.79 Å². The standard InChI is InChI=1S/C17H21F6NO.C11H22N2O/c1-3-5-11(6-4-2)10-24-15(25)12-7-13(16(18,19)20)9-14(8-12)17(21,22)23;1-4-11(7-5-6-8-11)13-10(14)12-9(2)3/h7-9,11H,3-6,10H2,1-2H3,(H,24,25);9H,4-8H2,1-3H3,(H2,12,13,14). The maximum absolute atomic E-state index is 12.8. The summed E-state index contributed by atoms with van der Waals surface area (Å²) >= 11 is 0. The molecule has 224 valence electrons. The fourth-order valence-electron chi connectivity index (χ4n) is 4.75. The summed E-state index contributed by atoms with van der Waals surface area (Å²) in [6, 6.07) is 1.10. The monoisotopic (exact) mass is 567 g/mol. The molecule has 0 aliphatic heterocycles. The molecule has 5 nitrogen and oxygen atoms in total. The minimum absolute atomic E-state index is 0.00769. The number of nitrogens with one attached hydrogen (secondary N) is 3. The average molecular weight is 568 g/mol. The highest BCUT2D eigenvalue weighted by atomic mass is 19.4. The van der Waals surface area contributed by atoms with E-state index in [1.54, 1.807) is 0 Å². The molecule has 3 amide bonds. The lowest BCUT2D eigenvalue weighted by Gasteiger charge is -2.29. The summed E-state index contributed by atoms with van der Waals surface area (Å²) in [5.74, 6) is -0.791. The lowest BCUT2D eigenvalue weighted by atomic mass is 9.94. The number of urea groups is 1. The second-order valence-electron chi connectivity index (χ2n) is 10.5. The van der Waals surface area contributed by atoms with Crippen LogP contribution in [0.5, 0.6) is 0 Å². The van der Waals surface area contributed by atoms with Gasteiger partial charge in [-0.3, -0.25) is 4.79 Å². The Morgan fingerprint density at radius 2 is 1.36 bits per heavy atom. The Labute approximate surface area is 227 Å². The summed E-state index contributed by atoms with van der Waals surface area (Å²) in [5.41, 5.74) is -3.55. The van der Waals surface area contributed by atoms with Gasteiger partial charge < -0.3 is 16.0 Å². The molecule has 0 heterocycles. The van der Waals surface area contributed by atoms with Crippen LogP contribution in [0.4, 0.5) is 31.1 Å². The molecular weight excluding hydrogens is 524 g/mol. The van der Waals surface area contributed by atoms with Gasteiger partial charge >= 0.3 is 18.4 Å². The summed E-state index contributed by atoms with van der Waals surface area (Å²) in [6.07, 6.45) is -0.736. The van der Waals surface area contributed by atoms with E-state index in [1.165, 1.54) is 12.8 Å². The van der Waals surface area contributed by atoms with Gasteiger partial charge in [0.2, 0.25) is 0 Å². The lowest BCUT2D eigenvalue weighted by molar-refractivity contribution is -0.143. The Bertz CT molecular complexity index is 871. The number of halogens is 6. The summed E-state index contributed by atoms with van der Waals surface area (Å²) in [5, 5.41) is 8.45. The van der Waals surface area contributed by atoms with Crippen LogP contribution in [0.25, 0.3) is 0 Å².